The molecule has 0 aromatic heterocycles. The van der Waals surface area contributed by atoms with Crippen molar-refractivity contribution in [1.82, 2.24) is 0 Å². The van der Waals surface area contributed by atoms with E-state index in [-0.39, 0.29) is 0 Å². The Morgan fingerprint density at radius 2 is 1.47 bits per heavy atom. The second-order valence-electron chi connectivity index (χ2n) is 4.19. The van der Waals surface area contributed by atoms with Crippen molar-refractivity contribution in [3.8, 4) is 0 Å². The highest BCUT2D eigenvalue weighted by molar-refractivity contribution is 8.76. The van der Waals surface area contributed by atoms with Gasteiger partial charge in [-0.1, -0.05) is 35.4 Å². The molecule has 0 rings (SSSR count). The molecule has 116 valence electrons. The molecule has 0 spiro atoms. The average molecular weight is 327 g/mol. The second-order valence-corrected chi connectivity index (χ2v) is 10.0. The molecule has 0 aliphatic heterocycles. The Hall–Kier alpha value is 0.797. The fourth-order valence-corrected chi connectivity index (χ4v) is 6.50. The summed E-state index contributed by atoms with van der Waals surface area (Å²) in [6, 6.07) is 0.935. The van der Waals surface area contributed by atoms with Crippen LogP contribution in [0.5, 0.6) is 0 Å². The van der Waals surface area contributed by atoms with Crippen molar-refractivity contribution in [2.45, 2.75) is 58.8 Å². The fourth-order valence-electron chi connectivity index (χ4n) is 1.84. The Bertz CT molecular complexity index is 191. The Balaban J connectivity index is 4.15. The van der Waals surface area contributed by atoms with Gasteiger partial charge in [0.25, 0.3) is 0 Å². The smallest absolute Gasteiger partial charge is 0.374 e. The van der Waals surface area contributed by atoms with Crippen LogP contribution < -0.4 is 0 Å². The zero-order valence-electron chi connectivity index (χ0n) is 13.1. The standard InChI is InChI=1S/C13H30O3S2Si/c1-6-14-19(15-7-2,16-8-3)12-10-11-13(5)18-17-9-4/h13H,6-12H2,1-5H3. The summed E-state index contributed by atoms with van der Waals surface area (Å²) in [5.41, 5.74) is 0. The molecule has 0 fully saturated rings. The molecule has 1 unspecified atom stereocenters. The molecule has 1 atom stereocenters. The maximum atomic E-state index is 5.86. The van der Waals surface area contributed by atoms with Gasteiger partial charge in [0.1, 0.15) is 0 Å². The van der Waals surface area contributed by atoms with Crippen LogP contribution in [-0.4, -0.2) is 39.6 Å². The Kier molecular flexibility index (Phi) is 13.1. The van der Waals surface area contributed by atoms with Crippen LogP contribution in [0.2, 0.25) is 6.04 Å². The summed E-state index contributed by atoms with van der Waals surface area (Å²) in [5.74, 6) is 1.17. The lowest BCUT2D eigenvalue weighted by Crippen LogP contribution is -2.46. The van der Waals surface area contributed by atoms with Gasteiger partial charge in [-0.3, -0.25) is 0 Å². The van der Waals surface area contributed by atoms with Gasteiger partial charge in [0, 0.05) is 36.9 Å². The SMILES string of the molecule is CCO[Si](CCCC(C)SSCC)(OCC)OCC. The van der Waals surface area contributed by atoms with Crippen LogP contribution in [0.3, 0.4) is 0 Å². The first-order valence-electron chi connectivity index (χ1n) is 7.34. The molecule has 0 aliphatic carbocycles. The van der Waals surface area contributed by atoms with Crippen LogP contribution in [0.4, 0.5) is 0 Å². The molecule has 0 N–H and O–H groups in total. The van der Waals surface area contributed by atoms with Crippen LogP contribution in [0, 0.1) is 0 Å². The number of hydrogen-bond acceptors (Lipinski definition) is 5. The maximum absolute atomic E-state index is 5.86. The molecule has 3 nitrogen and oxygen atoms in total. The predicted molar refractivity (Wildman–Crippen MR) is 89.9 cm³/mol. The van der Waals surface area contributed by atoms with E-state index < -0.39 is 8.80 Å². The van der Waals surface area contributed by atoms with E-state index in [1.165, 1.54) is 12.2 Å². The van der Waals surface area contributed by atoms with E-state index in [4.69, 9.17) is 13.3 Å². The van der Waals surface area contributed by atoms with E-state index >= 15 is 0 Å². The normalized spacial score (nSPS) is 13.7. The number of rotatable bonds is 13. The molecule has 0 saturated carbocycles. The van der Waals surface area contributed by atoms with Crippen molar-refractivity contribution in [3.63, 3.8) is 0 Å². The largest absolute Gasteiger partial charge is 0.500 e. The van der Waals surface area contributed by atoms with Crippen molar-refractivity contribution in [2.24, 2.45) is 0 Å². The summed E-state index contributed by atoms with van der Waals surface area (Å²) in [4.78, 5) is 0. The van der Waals surface area contributed by atoms with E-state index in [9.17, 15) is 0 Å². The molecule has 0 aromatic rings. The summed E-state index contributed by atoms with van der Waals surface area (Å²) in [6.07, 6.45) is 2.31. The molecular formula is C13H30O3S2Si. The Labute approximate surface area is 128 Å². The minimum Gasteiger partial charge on any atom is -0.374 e. The summed E-state index contributed by atoms with van der Waals surface area (Å²) in [5, 5.41) is 0.682. The van der Waals surface area contributed by atoms with E-state index in [1.807, 2.05) is 42.4 Å². The molecular weight excluding hydrogens is 296 g/mol. The summed E-state index contributed by atoms with van der Waals surface area (Å²) >= 11 is 0. The monoisotopic (exact) mass is 326 g/mol. The van der Waals surface area contributed by atoms with E-state index in [1.54, 1.807) is 0 Å². The van der Waals surface area contributed by atoms with Crippen molar-refractivity contribution < 1.29 is 13.3 Å². The van der Waals surface area contributed by atoms with Gasteiger partial charge in [0.05, 0.1) is 0 Å². The number of hydrogen-bond donors (Lipinski definition) is 0. The van der Waals surface area contributed by atoms with E-state index in [0.29, 0.717) is 25.1 Å². The van der Waals surface area contributed by atoms with Crippen LogP contribution in [-0.2, 0) is 13.3 Å². The molecule has 0 saturated heterocycles. The maximum Gasteiger partial charge on any atom is 0.500 e. The van der Waals surface area contributed by atoms with Crippen molar-refractivity contribution in [2.75, 3.05) is 25.6 Å². The van der Waals surface area contributed by atoms with Gasteiger partial charge in [-0.25, -0.2) is 0 Å². The minimum absolute atomic E-state index is 0.669. The lowest BCUT2D eigenvalue weighted by molar-refractivity contribution is 0.0707. The third-order valence-corrected chi connectivity index (χ3v) is 8.72. The van der Waals surface area contributed by atoms with Crippen molar-refractivity contribution >= 4 is 30.4 Å². The first-order chi connectivity index (χ1) is 9.14. The topological polar surface area (TPSA) is 27.7 Å². The van der Waals surface area contributed by atoms with E-state index in [0.717, 1.165) is 12.5 Å². The van der Waals surface area contributed by atoms with Crippen molar-refractivity contribution in [3.05, 3.63) is 0 Å². The highest BCUT2D eigenvalue weighted by Gasteiger charge is 2.39. The van der Waals surface area contributed by atoms with Crippen molar-refractivity contribution in [1.29, 1.82) is 0 Å². The van der Waals surface area contributed by atoms with E-state index in [2.05, 4.69) is 13.8 Å². The van der Waals surface area contributed by atoms with Gasteiger partial charge in [-0.15, -0.1) is 0 Å². The summed E-state index contributed by atoms with van der Waals surface area (Å²) in [7, 11) is 1.51. The summed E-state index contributed by atoms with van der Waals surface area (Å²) in [6.45, 7) is 12.5. The molecule has 0 heterocycles. The molecule has 0 aliphatic rings. The van der Waals surface area contributed by atoms with Crippen LogP contribution in [0.15, 0.2) is 0 Å². The van der Waals surface area contributed by atoms with Gasteiger partial charge in [-0.05, 0) is 33.6 Å². The molecule has 19 heavy (non-hydrogen) atoms. The van der Waals surface area contributed by atoms with Crippen LogP contribution >= 0.6 is 21.6 Å². The highest BCUT2D eigenvalue weighted by atomic mass is 33.1. The van der Waals surface area contributed by atoms with Gasteiger partial charge in [0.2, 0.25) is 0 Å². The zero-order valence-corrected chi connectivity index (χ0v) is 15.7. The molecule has 0 bridgehead atoms. The van der Waals surface area contributed by atoms with Crippen LogP contribution in [0.1, 0.15) is 47.5 Å². The Morgan fingerprint density at radius 3 is 1.89 bits per heavy atom. The lowest BCUT2D eigenvalue weighted by Gasteiger charge is -2.28. The third-order valence-electron chi connectivity index (χ3n) is 2.54. The second kappa shape index (κ2) is 12.5. The fraction of sp³-hybridized carbons (Fsp3) is 1.00. The highest BCUT2D eigenvalue weighted by Crippen LogP contribution is 2.30. The lowest BCUT2D eigenvalue weighted by atomic mass is 10.3. The van der Waals surface area contributed by atoms with Gasteiger partial charge >= 0.3 is 8.80 Å². The van der Waals surface area contributed by atoms with Gasteiger partial charge in [-0.2, -0.15) is 0 Å². The Morgan fingerprint density at radius 1 is 0.947 bits per heavy atom. The minimum atomic E-state index is -2.41. The first-order valence-corrected chi connectivity index (χ1v) is 11.7. The predicted octanol–water partition coefficient (Wildman–Crippen LogP) is 4.60. The first kappa shape index (κ1) is 19.8. The van der Waals surface area contributed by atoms with Gasteiger partial charge in [0.15, 0.2) is 0 Å². The molecule has 6 heteroatoms. The van der Waals surface area contributed by atoms with Gasteiger partial charge < -0.3 is 13.3 Å². The van der Waals surface area contributed by atoms with Crippen LogP contribution in [0.25, 0.3) is 0 Å². The third kappa shape index (κ3) is 9.36. The summed E-state index contributed by atoms with van der Waals surface area (Å²) < 4.78 is 17.6. The molecule has 0 radical (unpaired) electrons. The quantitative estimate of drug-likeness (QED) is 0.364. The molecule has 0 amide bonds. The zero-order chi connectivity index (χ0) is 14.6. The molecule has 0 aromatic carbocycles. The average Bonchev–Trinajstić information content (AvgIpc) is 2.37.